The zero-order valence-electron chi connectivity index (χ0n) is 11.6. The Kier molecular flexibility index (Phi) is 7.28. The monoisotopic (exact) mass is 256 g/mol. The summed E-state index contributed by atoms with van der Waals surface area (Å²) in [5, 5.41) is 16.3. The molecule has 1 amide bonds. The van der Waals surface area contributed by atoms with Crippen molar-refractivity contribution in [2.24, 2.45) is 0 Å². The molecular formula is C14H28N2O2. The van der Waals surface area contributed by atoms with Crippen molar-refractivity contribution in [3.63, 3.8) is 0 Å². The minimum absolute atomic E-state index is 0.0284. The van der Waals surface area contributed by atoms with E-state index < -0.39 is 5.60 Å². The largest absolute Gasteiger partial charge is 0.389 e. The fraction of sp³-hybridized carbons (Fsp3) is 0.929. The minimum Gasteiger partial charge on any atom is -0.389 e. The van der Waals surface area contributed by atoms with E-state index in [9.17, 15) is 9.90 Å². The molecule has 106 valence electrons. The Balaban J connectivity index is 2.13. The fourth-order valence-electron chi connectivity index (χ4n) is 2.44. The maximum atomic E-state index is 11.5. The van der Waals surface area contributed by atoms with Gasteiger partial charge in [-0.25, -0.2) is 0 Å². The molecule has 0 atom stereocenters. The first-order valence-electron chi connectivity index (χ1n) is 7.36. The molecule has 1 fully saturated rings. The Bertz CT molecular complexity index is 236. The average Bonchev–Trinajstić information content (AvgIpc) is 2.55. The lowest BCUT2D eigenvalue weighted by molar-refractivity contribution is -0.120. The van der Waals surface area contributed by atoms with Crippen LogP contribution in [0.5, 0.6) is 0 Å². The third kappa shape index (κ3) is 6.36. The summed E-state index contributed by atoms with van der Waals surface area (Å²) in [7, 11) is 0. The molecule has 18 heavy (non-hydrogen) atoms. The molecule has 0 aromatic rings. The summed E-state index contributed by atoms with van der Waals surface area (Å²) in [5.41, 5.74) is -0.597. The highest BCUT2D eigenvalue weighted by atomic mass is 16.3. The Morgan fingerprint density at radius 3 is 2.50 bits per heavy atom. The van der Waals surface area contributed by atoms with E-state index in [0.29, 0.717) is 13.1 Å². The number of unbranched alkanes of at least 4 members (excludes halogenated alkanes) is 1. The molecular weight excluding hydrogens is 228 g/mol. The number of nitrogens with one attached hydrogen (secondary N) is 2. The maximum absolute atomic E-state index is 11.5. The average molecular weight is 256 g/mol. The van der Waals surface area contributed by atoms with Crippen molar-refractivity contribution in [1.29, 1.82) is 0 Å². The Hall–Kier alpha value is -0.610. The number of hydrogen-bond acceptors (Lipinski definition) is 3. The number of rotatable bonds is 7. The molecule has 0 bridgehead atoms. The zero-order chi connectivity index (χ0) is 13.3. The highest BCUT2D eigenvalue weighted by Gasteiger charge is 2.27. The normalized spacial score (nSPS) is 19.2. The van der Waals surface area contributed by atoms with Crippen molar-refractivity contribution in [2.45, 2.75) is 63.9 Å². The molecule has 0 heterocycles. The molecule has 1 aliphatic rings. The minimum atomic E-state index is -0.597. The lowest BCUT2D eigenvalue weighted by Gasteiger charge is -2.26. The molecule has 0 saturated heterocycles. The first kappa shape index (κ1) is 15.4. The topological polar surface area (TPSA) is 61.4 Å². The second kappa shape index (κ2) is 8.48. The molecule has 0 aromatic heterocycles. The second-order valence-corrected chi connectivity index (χ2v) is 5.45. The van der Waals surface area contributed by atoms with E-state index in [1.54, 1.807) is 0 Å². The van der Waals surface area contributed by atoms with Crippen molar-refractivity contribution < 1.29 is 9.90 Å². The predicted molar refractivity (Wildman–Crippen MR) is 73.4 cm³/mol. The van der Waals surface area contributed by atoms with Gasteiger partial charge < -0.3 is 15.7 Å². The van der Waals surface area contributed by atoms with Crippen LogP contribution in [0.25, 0.3) is 0 Å². The van der Waals surface area contributed by atoms with Gasteiger partial charge in [0.15, 0.2) is 0 Å². The maximum Gasteiger partial charge on any atom is 0.233 e. The molecule has 4 heteroatoms. The molecule has 0 spiro atoms. The first-order valence-corrected chi connectivity index (χ1v) is 7.36. The SMILES string of the molecule is CCCCNC(=O)CNCC1(O)CCCCCC1. The van der Waals surface area contributed by atoms with Crippen LogP contribution in [0.1, 0.15) is 58.3 Å². The summed E-state index contributed by atoms with van der Waals surface area (Å²) in [6.07, 6.45) is 8.47. The van der Waals surface area contributed by atoms with E-state index in [0.717, 1.165) is 45.1 Å². The van der Waals surface area contributed by atoms with E-state index in [4.69, 9.17) is 0 Å². The summed E-state index contributed by atoms with van der Waals surface area (Å²) in [4.78, 5) is 11.5. The highest BCUT2D eigenvalue weighted by molar-refractivity contribution is 5.77. The van der Waals surface area contributed by atoms with E-state index in [-0.39, 0.29) is 5.91 Å². The highest BCUT2D eigenvalue weighted by Crippen LogP contribution is 2.26. The van der Waals surface area contributed by atoms with Crippen molar-refractivity contribution in [1.82, 2.24) is 10.6 Å². The summed E-state index contributed by atoms with van der Waals surface area (Å²) < 4.78 is 0. The van der Waals surface area contributed by atoms with Crippen LogP contribution in [-0.4, -0.2) is 36.2 Å². The van der Waals surface area contributed by atoms with Crippen LogP contribution in [0.2, 0.25) is 0 Å². The lowest BCUT2D eigenvalue weighted by Crippen LogP contribution is -2.44. The second-order valence-electron chi connectivity index (χ2n) is 5.45. The Labute approximate surface area is 111 Å². The van der Waals surface area contributed by atoms with Crippen molar-refractivity contribution in [3.8, 4) is 0 Å². The standard InChI is InChI=1S/C14H28N2O2/c1-2-3-10-16-13(17)11-15-12-14(18)8-6-4-5-7-9-14/h15,18H,2-12H2,1H3,(H,16,17). The van der Waals surface area contributed by atoms with Gasteiger partial charge in [-0.2, -0.15) is 0 Å². The van der Waals surface area contributed by atoms with Crippen molar-refractivity contribution >= 4 is 5.91 Å². The van der Waals surface area contributed by atoms with Crippen molar-refractivity contribution in [2.75, 3.05) is 19.6 Å². The van der Waals surface area contributed by atoms with E-state index >= 15 is 0 Å². The molecule has 4 nitrogen and oxygen atoms in total. The van der Waals surface area contributed by atoms with Gasteiger partial charge in [0.05, 0.1) is 12.1 Å². The third-order valence-corrected chi connectivity index (χ3v) is 3.63. The van der Waals surface area contributed by atoms with Gasteiger partial charge in [0.2, 0.25) is 5.91 Å². The van der Waals surface area contributed by atoms with Crippen LogP contribution < -0.4 is 10.6 Å². The number of hydrogen-bond donors (Lipinski definition) is 3. The van der Waals surface area contributed by atoms with E-state index in [2.05, 4.69) is 17.6 Å². The molecule has 0 unspecified atom stereocenters. The molecule has 3 N–H and O–H groups in total. The summed E-state index contributed by atoms with van der Waals surface area (Å²) >= 11 is 0. The van der Waals surface area contributed by atoms with E-state index in [1.807, 2.05) is 0 Å². The zero-order valence-corrected chi connectivity index (χ0v) is 11.6. The van der Waals surface area contributed by atoms with Gasteiger partial charge in [0, 0.05) is 13.1 Å². The molecule has 1 saturated carbocycles. The summed E-state index contributed by atoms with van der Waals surface area (Å²) in [6.45, 7) is 3.70. The summed E-state index contributed by atoms with van der Waals surface area (Å²) in [6, 6.07) is 0. The van der Waals surface area contributed by atoms with Crippen LogP contribution in [-0.2, 0) is 4.79 Å². The Morgan fingerprint density at radius 2 is 1.89 bits per heavy atom. The van der Waals surface area contributed by atoms with Crippen molar-refractivity contribution in [3.05, 3.63) is 0 Å². The van der Waals surface area contributed by atoms with Gasteiger partial charge in [-0.05, 0) is 19.3 Å². The van der Waals surface area contributed by atoms with Crippen LogP contribution >= 0.6 is 0 Å². The molecule has 0 aliphatic heterocycles. The van der Waals surface area contributed by atoms with Gasteiger partial charge in [0.25, 0.3) is 0 Å². The number of aliphatic hydroxyl groups is 1. The Morgan fingerprint density at radius 1 is 1.22 bits per heavy atom. The lowest BCUT2D eigenvalue weighted by atomic mass is 9.94. The van der Waals surface area contributed by atoms with E-state index in [1.165, 1.54) is 12.8 Å². The summed E-state index contributed by atoms with van der Waals surface area (Å²) in [5.74, 6) is 0.0284. The van der Waals surface area contributed by atoms with Crippen LogP contribution in [0.15, 0.2) is 0 Å². The number of carbonyl (C=O) groups is 1. The first-order chi connectivity index (χ1) is 8.66. The smallest absolute Gasteiger partial charge is 0.233 e. The van der Waals surface area contributed by atoms with Crippen LogP contribution in [0.3, 0.4) is 0 Å². The van der Waals surface area contributed by atoms with Crippen LogP contribution in [0.4, 0.5) is 0 Å². The van der Waals surface area contributed by atoms with Gasteiger partial charge >= 0.3 is 0 Å². The number of carbonyl (C=O) groups excluding carboxylic acids is 1. The van der Waals surface area contributed by atoms with Gasteiger partial charge in [-0.3, -0.25) is 4.79 Å². The quantitative estimate of drug-likeness (QED) is 0.479. The van der Waals surface area contributed by atoms with Gasteiger partial charge in [-0.15, -0.1) is 0 Å². The molecule has 0 radical (unpaired) electrons. The van der Waals surface area contributed by atoms with Gasteiger partial charge in [-0.1, -0.05) is 39.0 Å². The molecule has 1 rings (SSSR count). The fourth-order valence-corrected chi connectivity index (χ4v) is 2.44. The predicted octanol–water partition coefficient (Wildman–Crippen LogP) is 1.58. The molecule has 0 aromatic carbocycles. The third-order valence-electron chi connectivity index (χ3n) is 3.63. The van der Waals surface area contributed by atoms with Gasteiger partial charge in [0.1, 0.15) is 0 Å². The van der Waals surface area contributed by atoms with Crippen LogP contribution in [0, 0.1) is 0 Å². The number of amides is 1. The molecule has 1 aliphatic carbocycles.